The number of aryl methyl sites for hydroxylation is 1. The van der Waals surface area contributed by atoms with Gasteiger partial charge >= 0.3 is 0 Å². The van der Waals surface area contributed by atoms with E-state index >= 15 is 0 Å². The van der Waals surface area contributed by atoms with Crippen molar-refractivity contribution < 1.29 is 9.90 Å². The minimum Gasteiger partial charge on any atom is -0.395 e. The zero-order chi connectivity index (χ0) is 14.0. The molecule has 0 fully saturated rings. The van der Waals surface area contributed by atoms with Gasteiger partial charge in [-0.1, -0.05) is 18.5 Å². The highest BCUT2D eigenvalue weighted by atomic mass is 35.5. The van der Waals surface area contributed by atoms with Crippen molar-refractivity contribution in [2.24, 2.45) is 0 Å². The normalized spacial score (nSPS) is 10.9. The second-order valence-corrected chi connectivity index (χ2v) is 4.72. The fourth-order valence-electron chi connectivity index (χ4n) is 1.97. The minimum absolute atomic E-state index is 0.0632. The van der Waals surface area contributed by atoms with Crippen molar-refractivity contribution in [1.29, 1.82) is 0 Å². The molecule has 5 nitrogen and oxygen atoms in total. The molecule has 1 N–H and O–H groups in total. The van der Waals surface area contributed by atoms with E-state index in [0.29, 0.717) is 29.3 Å². The fourth-order valence-corrected chi connectivity index (χ4v) is 2.13. The second-order valence-electron chi connectivity index (χ2n) is 4.28. The average molecular weight is 282 g/mol. The van der Waals surface area contributed by atoms with Crippen LogP contribution in [0.5, 0.6) is 0 Å². The lowest BCUT2D eigenvalue weighted by Crippen LogP contribution is -2.31. The number of pyridine rings is 1. The molecule has 0 saturated carbocycles. The van der Waals surface area contributed by atoms with Gasteiger partial charge in [0.15, 0.2) is 0 Å². The highest BCUT2D eigenvalue weighted by molar-refractivity contribution is 6.30. The Morgan fingerprint density at radius 2 is 2.32 bits per heavy atom. The molecule has 0 aliphatic rings. The number of rotatable bonds is 4. The van der Waals surface area contributed by atoms with Crippen molar-refractivity contribution >= 4 is 23.2 Å². The highest BCUT2D eigenvalue weighted by Crippen LogP contribution is 2.18. The third kappa shape index (κ3) is 2.57. The molecule has 0 unspecified atom stereocenters. The van der Waals surface area contributed by atoms with E-state index in [1.54, 1.807) is 29.8 Å². The fraction of sp³-hybridized carbons (Fsp3) is 0.385. The number of imidazole rings is 1. The molecule has 6 heteroatoms. The van der Waals surface area contributed by atoms with Gasteiger partial charge in [-0.15, -0.1) is 0 Å². The van der Waals surface area contributed by atoms with Crippen LogP contribution in [0.2, 0.25) is 5.02 Å². The predicted octanol–water partition coefficient (Wildman–Crippen LogP) is 1.61. The molecule has 1 amide bonds. The van der Waals surface area contributed by atoms with Crippen molar-refractivity contribution in [2.75, 3.05) is 20.2 Å². The third-order valence-corrected chi connectivity index (χ3v) is 3.22. The van der Waals surface area contributed by atoms with Gasteiger partial charge < -0.3 is 10.0 Å². The largest absolute Gasteiger partial charge is 0.395 e. The molecule has 0 aliphatic carbocycles. The average Bonchev–Trinajstić information content (AvgIpc) is 2.75. The van der Waals surface area contributed by atoms with Crippen molar-refractivity contribution in [3.05, 3.63) is 34.7 Å². The van der Waals surface area contributed by atoms with Crippen LogP contribution in [0.15, 0.2) is 18.3 Å². The number of aliphatic hydroxyl groups is 1. The Kier molecular flexibility index (Phi) is 4.07. The van der Waals surface area contributed by atoms with Gasteiger partial charge in [0.1, 0.15) is 11.3 Å². The summed E-state index contributed by atoms with van der Waals surface area (Å²) in [5, 5.41) is 9.51. The number of likely N-dealkylation sites (N-methyl/N-ethyl adjacent to an activating group) is 1. The molecule has 0 radical (unpaired) electrons. The van der Waals surface area contributed by atoms with Crippen LogP contribution < -0.4 is 0 Å². The summed E-state index contributed by atoms with van der Waals surface area (Å²) in [6.45, 7) is 2.18. The smallest absolute Gasteiger partial charge is 0.272 e. The van der Waals surface area contributed by atoms with Crippen LogP contribution in [0.3, 0.4) is 0 Å². The molecular formula is C13H16ClN3O2. The van der Waals surface area contributed by atoms with Gasteiger partial charge in [0, 0.05) is 30.9 Å². The number of halogens is 1. The quantitative estimate of drug-likeness (QED) is 0.926. The summed E-state index contributed by atoms with van der Waals surface area (Å²) in [5.74, 6) is -0.152. The molecule has 0 atom stereocenters. The maximum Gasteiger partial charge on any atom is 0.272 e. The summed E-state index contributed by atoms with van der Waals surface area (Å²) < 4.78 is 1.74. The number of amides is 1. The van der Waals surface area contributed by atoms with Crippen molar-refractivity contribution in [2.45, 2.75) is 13.3 Å². The molecule has 2 heterocycles. The van der Waals surface area contributed by atoms with Gasteiger partial charge in [-0.05, 0) is 12.5 Å². The van der Waals surface area contributed by atoms with Gasteiger partial charge in [-0.25, -0.2) is 4.98 Å². The molecule has 2 rings (SSSR count). The number of aromatic nitrogens is 2. The Morgan fingerprint density at radius 3 is 2.95 bits per heavy atom. The van der Waals surface area contributed by atoms with E-state index in [1.165, 1.54) is 4.90 Å². The van der Waals surface area contributed by atoms with Crippen LogP contribution in [0.1, 0.15) is 23.1 Å². The second kappa shape index (κ2) is 5.59. The zero-order valence-corrected chi connectivity index (χ0v) is 11.7. The summed E-state index contributed by atoms with van der Waals surface area (Å²) in [6.07, 6.45) is 2.40. The topological polar surface area (TPSA) is 57.8 Å². The van der Waals surface area contributed by atoms with E-state index in [-0.39, 0.29) is 12.5 Å². The van der Waals surface area contributed by atoms with Crippen molar-refractivity contribution in [3.8, 4) is 0 Å². The van der Waals surface area contributed by atoms with Gasteiger partial charge in [0.25, 0.3) is 5.91 Å². The van der Waals surface area contributed by atoms with E-state index in [1.807, 2.05) is 6.92 Å². The number of hydrogen-bond acceptors (Lipinski definition) is 3. The molecule has 102 valence electrons. The molecule has 0 aliphatic heterocycles. The molecule has 2 aromatic rings. The number of nitrogens with zero attached hydrogens (tertiary/aromatic N) is 3. The van der Waals surface area contributed by atoms with Crippen molar-refractivity contribution in [3.63, 3.8) is 0 Å². The van der Waals surface area contributed by atoms with Crippen LogP contribution in [0.4, 0.5) is 0 Å². The summed E-state index contributed by atoms with van der Waals surface area (Å²) >= 11 is 5.93. The summed E-state index contributed by atoms with van der Waals surface area (Å²) in [4.78, 5) is 18.3. The number of carbonyl (C=O) groups excluding carboxylic acids is 1. The SMILES string of the molecule is CCc1nc2cc(Cl)ccn2c1C(=O)N(C)CCO. The lowest BCUT2D eigenvalue weighted by molar-refractivity contribution is 0.0759. The Bertz CT molecular complexity index is 609. The zero-order valence-electron chi connectivity index (χ0n) is 10.9. The van der Waals surface area contributed by atoms with E-state index in [4.69, 9.17) is 16.7 Å². The standard InChI is InChI=1S/C13H16ClN3O2/c1-3-10-12(13(19)16(2)6-7-18)17-5-4-9(14)8-11(17)15-10/h4-5,8,18H,3,6-7H2,1-2H3. The molecule has 0 spiro atoms. The van der Waals surface area contributed by atoms with Crippen LogP contribution in [-0.4, -0.2) is 45.5 Å². The van der Waals surface area contributed by atoms with E-state index in [2.05, 4.69) is 4.98 Å². The first-order valence-electron chi connectivity index (χ1n) is 6.11. The van der Waals surface area contributed by atoms with E-state index in [0.717, 1.165) is 5.69 Å². The Morgan fingerprint density at radius 1 is 1.58 bits per heavy atom. The minimum atomic E-state index is -0.152. The highest BCUT2D eigenvalue weighted by Gasteiger charge is 2.21. The van der Waals surface area contributed by atoms with Crippen LogP contribution in [0.25, 0.3) is 5.65 Å². The van der Waals surface area contributed by atoms with Gasteiger partial charge in [0.05, 0.1) is 12.3 Å². The van der Waals surface area contributed by atoms with E-state index in [9.17, 15) is 4.79 Å². The lowest BCUT2D eigenvalue weighted by atomic mass is 10.2. The maximum atomic E-state index is 12.4. The number of hydrogen-bond donors (Lipinski definition) is 1. The van der Waals surface area contributed by atoms with Gasteiger partial charge in [-0.2, -0.15) is 0 Å². The van der Waals surface area contributed by atoms with E-state index < -0.39 is 0 Å². The summed E-state index contributed by atoms with van der Waals surface area (Å²) in [5.41, 5.74) is 1.92. The Labute approximate surface area is 116 Å². The van der Waals surface area contributed by atoms with Crippen molar-refractivity contribution in [1.82, 2.24) is 14.3 Å². The van der Waals surface area contributed by atoms with Crippen LogP contribution >= 0.6 is 11.6 Å². The first kappa shape index (κ1) is 13.8. The first-order valence-corrected chi connectivity index (χ1v) is 6.49. The maximum absolute atomic E-state index is 12.4. The van der Waals surface area contributed by atoms with Crippen LogP contribution in [0, 0.1) is 0 Å². The number of fused-ring (bicyclic) bond motifs is 1. The lowest BCUT2D eigenvalue weighted by Gasteiger charge is -2.16. The summed E-state index contributed by atoms with van der Waals surface area (Å²) in [7, 11) is 1.66. The Hall–Kier alpha value is -1.59. The number of carbonyl (C=O) groups is 1. The predicted molar refractivity (Wildman–Crippen MR) is 73.6 cm³/mol. The summed E-state index contributed by atoms with van der Waals surface area (Å²) in [6, 6.07) is 3.45. The molecule has 0 bridgehead atoms. The molecule has 0 aromatic carbocycles. The van der Waals surface area contributed by atoms with Crippen LogP contribution in [-0.2, 0) is 6.42 Å². The molecule has 0 saturated heterocycles. The number of aliphatic hydroxyl groups excluding tert-OH is 1. The molecular weight excluding hydrogens is 266 g/mol. The third-order valence-electron chi connectivity index (χ3n) is 2.98. The van der Waals surface area contributed by atoms with Gasteiger partial charge in [-0.3, -0.25) is 9.20 Å². The molecule has 2 aromatic heterocycles. The molecule has 19 heavy (non-hydrogen) atoms. The van der Waals surface area contributed by atoms with Gasteiger partial charge in [0.2, 0.25) is 0 Å². The first-order chi connectivity index (χ1) is 9.08. The monoisotopic (exact) mass is 281 g/mol. The Balaban J connectivity index is 2.54.